The van der Waals surface area contributed by atoms with Crippen LogP contribution in [0.1, 0.15) is 37.6 Å². The highest BCUT2D eigenvalue weighted by Gasteiger charge is 2.15. The fraction of sp³-hybridized carbons (Fsp3) is 0.269. The minimum absolute atomic E-state index is 0.0854. The molecule has 0 bridgehead atoms. The first-order valence-electron chi connectivity index (χ1n) is 11.2. The highest BCUT2D eigenvalue weighted by Crippen LogP contribution is 2.21. The summed E-state index contributed by atoms with van der Waals surface area (Å²) in [6, 6.07) is 19.6. The summed E-state index contributed by atoms with van der Waals surface area (Å²) in [5, 5.41) is 2.77. The zero-order chi connectivity index (χ0) is 24.6. The van der Waals surface area contributed by atoms with Gasteiger partial charge in [-0.05, 0) is 92.1 Å². The minimum Gasteiger partial charge on any atom is -0.494 e. The monoisotopic (exact) mass is 482 g/mol. The van der Waals surface area contributed by atoms with Crippen LogP contribution in [0.3, 0.4) is 0 Å². The van der Waals surface area contributed by atoms with Gasteiger partial charge in [0.25, 0.3) is 15.9 Å². The van der Waals surface area contributed by atoms with Crippen molar-refractivity contribution in [3.05, 3.63) is 78.4 Å². The molecule has 1 amide bonds. The average molecular weight is 483 g/mol. The number of carbonyl (C=O) groups excluding carboxylic acids is 1. The molecular formula is C26H30N2O5S. The van der Waals surface area contributed by atoms with E-state index in [-0.39, 0.29) is 10.8 Å². The van der Waals surface area contributed by atoms with Crippen molar-refractivity contribution in [3.8, 4) is 11.5 Å². The van der Waals surface area contributed by atoms with Gasteiger partial charge in [0.1, 0.15) is 11.5 Å². The smallest absolute Gasteiger partial charge is 0.261 e. The average Bonchev–Trinajstić information content (AvgIpc) is 2.81. The molecule has 0 aliphatic rings. The van der Waals surface area contributed by atoms with Crippen LogP contribution < -0.4 is 19.5 Å². The molecule has 3 aromatic carbocycles. The fourth-order valence-electron chi connectivity index (χ4n) is 3.04. The number of amides is 1. The van der Waals surface area contributed by atoms with Crippen molar-refractivity contribution < 1.29 is 22.7 Å². The Balaban J connectivity index is 1.58. The van der Waals surface area contributed by atoms with E-state index < -0.39 is 10.0 Å². The Morgan fingerprint density at radius 1 is 0.824 bits per heavy atom. The first-order chi connectivity index (χ1) is 16.3. The van der Waals surface area contributed by atoms with Crippen molar-refractivity contribution in [3.63, 3.8) is 0 Å². The number of hydrogen-bond donors (Lipinski definition) is 2. The Kier molecular flexibility index (Phi) is 8.54. The van der Waals surface area contributed by atoms with Crippen molar-refractivity contribution in [2.24, 2.45) is 5.92 Å². The van der Waals surface area contributed by atoms with E-state index in [2.05, 4.69) is 23.9 Å². The maximum atomic E-state index is 12.7. The van der Waals surface area contributed by atoms with Crippen LogP contribution in [0, 0.1) is 5.92 Å². The molecule has 0 heterocycles. The number of hydrogen-bond acceptors (Lipinski definition) is 5. The normalized spacial score (nSPS) is 11.2. The summed E-state index contributed by atoms with van der Waals surface area (Å²) in [6.45, 7) is 7.31. The van der Waals surface area contributed by atoms with Crippen molar-refractivity contribution in [2.45, 2.75) is 32.1 Å². The van der Waals surface area contributed by atoms with Crippen LogP contribution in [0.25, 0.3) is 0 Å². The number of anilines is 2. The third-order valence-corrected chi connectivity index (χ3v) is 6.32. The van der Waals surface area contributed by atoms with Gasteiger partial charge in [0.2, 0.25) is 0 Å². The van der Waals surface area contributed by atoms with E-state index in [0.29, 0.717) is 47.6 Å². The number of ether oxygens (including phenoxy) is 2. The molecule has 0 radical (unpaired) electrons. The predicted octanol–water partition coefficient (Wildman–Crippen LogP) is 5.56. The second-order valence-corrected chi connectivity index (χ2v) is 9.78. The highest BCUT2D eigenvalue weighted by atomic mass is 32.2. The molecular weight excluding hydrogens is 452 g/mol. The van der Waals surface area contributed by atoms with Crippen molar-refractivity contribution >= 4 is 27.3 Å². The van der Waals surface area contributed by atoms with E-state index in [1.807, 2.05) is 6.92 Å². The molecule has 3 rings (SSSR count). The molecule has 0 spiro atoms. The lowest BCUT2D eigenvalue weighted by Crippen LogP contribution is -2.14. The van der Waals surface area contributed by atoms with Crippen LogP contribution in [-0.4, -0.2) is 27.5 Å². The molecule has 0 fully saturated rings. The summed E-state index contributed by atoms with van der Waals surface area (Å²) in [5.41, 5.74) is 1.39. The quantitative estimate of drug-likeness (QED) is 0.373. The van der Waals surface area contributed by atoms with Crippen molar-refractivity contribution in [1.82, 2.24) is 0 Å². The molecule has 0 aliphatic heterocycles. The Bertz CT molecular complexity index is 1170. The largest absolute Gasteiger partial charge is 0.494 e. The maximum absolute atomic E-state index is 12.7. The number of benzene rings is 3. The van der Waals surface area contributed by atoms with Gasteiger partial charge in [-0.2, -0.15) is 0 Å². The molecule has 0 aromatic heterocycles. The van der Waals surface area contributed by atoms with Crippen LogP contribution in [0.4, 0.5) is 11.4 Å². The third kappa shape index (κ3) is 7.25. The van der Waals surface area contributed by atoms with Crippen LogP contribution in [0.15, 0.2) is 77.7 Å². The zero-order valence-corrected chi connectivity index (χ0v) is 20.4. The molecule has 34 heavy (non-hydrogen) atoms. The summed E-state index contributed by atoms with van der Waals surface area (Å²) in [6.07, 6.45) is 0.962. The molecule has 8 heteroatoms. The van der Waals surface area contributed by atoms with Crippen molar-refractivity contribution in [1.29, 1.82) is 0 Å². The molecule has 0 aliphatic carbocycles. The van der Waals surface area contributed by atoms with Gasteiger partial charge in [-0.3, -0.25) is 9.52 Å². The fourth-order valence-corrected chi connectivity index (χ4v) is 4.09. The van der Waals surface area contributed by atoms with Gasteiger partial charge in [-0.15, -0.1) is 0 Å². The second-order valence-electron chi connectivity index (χ2n) is 8.10. The summed E-state index contributed by atoms with van der Waals surface area (Å²) in [4.78, 5) is 12.6. The van der Waals surface area contributed by atoms with Crippen LogP contribution in [0.2, 0.25) is 0 Å². The molecule has 7 nitrogen and oxygen atoms in total. The molecule has 2 N–H and O–H groups in total. The van der Waals surface area contributed by atoms with Gasteiger partial charge in [0.05, 0.1) is 18.1 Å². The van der Waals surface area contributed by atoms with Gasteiger partial charge >= 0.3 is 0 Å². The lowest BCUT2D eigenvalue weighted by molar-refractivity contribution is 0.102. The minimum atomic E-state index is -3.77. The molecule has 0 saturated heterocycles. The highest BCUT2D eigenvalue weighted by molar-refractivity contribution is 7.92. The standard InChI is InChI=1S/C26H30N2O5S/c1-4-32-23-13-7-22(8-14-23)28-34(30,31)25-15-9-21(10-16-25)27-26(29)20-5-11-24(12-6-20)33-18-17-19(2)3/h5-16,19,28H,4,17-18H2,1-3H3,(H,27,29). The van der Waals surface area contributed by atoms with Gasteiger partial charge in [0, 0.05) is 16.9 Å². The van der Waals surface area contributed by atoms with Gasteiger partial charge in [-0.25, -0.2) is 8.42 Å². The van der Waals surface area contributed by atoms with Crippen molar-refractivity contribution in [2.75, 3.05) is 23.3 Å². The third-order valence-electron chi connectivity index (χ3n) is 4.92. The van der Waals surface area contributed by atoms with E-state index >= 15 is 0 Å². The first kappa shape index (κ1) is 25.1. The maximum Gasteiger partial charge on any atom is 0.261 e. The zero-order valence-electron chi connectivity index (χ0n) is 19.6. The Labute approximate surface area is 201 Å². The van der Waals surface area contributed by atoms with Crippen LogP contribution in [-0.2, 0) is 10.0 Å². The molecule has 180 valence electrons. The lowest BCUT2D eigenvalue weighted by atomic mass is 10.1. The molecule has 3 aromatic rings. The Hall–Kier alpha value is -3.52. The van der Waals surface area contributed by atoms with E-state index in [9.17, 15) is 13.2 Å². The molecule has 0 saturated carbocycles. The summed E-state index contributed by atoms with van der Waals surface area (Å²) >= 11 is 0. The lowest BCUT2D eigenvalue weighted by Gasteiger charge is -2.11. The molecule has 0 atom stereocenters. The van der Waals surface area contributed by atoms with Gasteiger partial charge in [-0.1, -0.05) is 13.8 Å². The summed E-state index contributed by atoms with van der Waals surface area (Å²) < 4.78 is 38.9. The first-order valence-corrected chi connectivity index (χ1v) is 12.6. The van der Waals surface area contributed by atoms with Crippen LogP contribution >= 0.6 is 0 Å². The second kappa shape index (κ2) is 11.6. The summed E-state index contributed by atoms with van der Waals surface area (Å²) in [7, 11) is -3.77. The topological polar surface area (TPSA) is 93.7 Å². The van der Waals surface area contributed by atoms with E-state index in [4.69, 9.17) is 9.47 Å². The Morgan fingerprint density at radius 3 is 1.97 bits per heavy atom. The number of nitrogens with one attached hydrogen (secondary N) is 2. The number of carbonyl (C=O) groups is 1. The van der Waals surface area contributed by atoms with E-state index in [0.717, 1.165) is 6.42 Å². The number of rotatable bonds is 11. The SMILES string of the molecule is CCOc1ccc(NS(=O)(=O)c2ccc(NC(=O)c3ccc(OCCC(C)C)cc3)cc2)cc1. The van der Waals surface area contributed by atoms with Gasteiger partial charge < -0.3 is 14.8 Å². The molecule has 0 unspecified atom stereocenters. The summed E-state index contributed by atoms with van der Waals surface area (Å²) in [5.74, 6) is 1.65. The Morgan fingerprint density at radius 2 is 1.38 bits per heavy atom. The van der Waals surface area contributed by atoms with Crippen LogP contribution in [0.5, 0.6) is 11.5 Å². The van der Waals surface area contributed by atoms with E-state index in [1.165, 1.54) is 12.1 Å². The predicted molar refractivity (Wildman–Crippen MR) is 134 cm³/mol. The number of sulfonamides is 1. The van der Waals surface area contributed by atoms with E-state index in [1.54, 1.807) is 60.7 Å². The van der Waals surface area contributed by atoms with Gasteiger partial charge in [0.15, 0.2) is 0 Å².